The zero-order valence-corrected chi connectivity index (χ0v) is 42.6. The standard InChI is InChI=1S/C68H65N3O/c1-45-36-53(32-34-56(45)46-22-13-11-14-23-46)71-61-29-18-17-28-57(61)58-35-33-55(43-64(58)71)72-54-27-21-26-52(42-54)69-44-70(63-31-20-19-30-62(63)69)65-59(47-24-15-12-16-25-47)40-51(68(8,9)10)41-60(65)48-37-49(66(2,3)4)39-50(38-48)67(5,6)7/h11-43H,44H2,1-10H3/i1D3,11D,13D,14D,22D,23D. The molecular weight excluding hydrogens is 875 g/mol. The molecule has 2 heterocycles. The summed E-state index contributed by atoms with van der Waals surface area (Å²) in [4.78, 5) is 4.83. The predicted molar refractivity (Wildman–Crippen MR) is 306 cm³/mol. The van der Waals surface area contributed by atoms with Gasteiger partial charge in [0.25, 0.3) is 0 Å². The minimum atomic E-state index is -2.70. The van der Waals surface area contributed by atoms with Crippen molar-refractivity contribution < 1.29 is 15.7 Å². The number of para-hydroxylation sites is 3. The second kappa shape index (κ2) is 17.8. The van der Waals surface area contributed by atoms with Crippen molar-refractivity contribution in [3.63, 3.8) is 0 Å². The number of hydrogen-bond donors (Lipinski definition) is 0. The quantitative estimate of drug-likeness (QED) is 0.151. The number of ether oxygens (including phenoxy) is 1. The first-order valence-corrected chi connectivity index (χ1v) is 24.9. The monoisotopic (exact) mass is 948 g/mol. The second-order valence-corrected chi connectivity index (χ2v) is 22.2. The molecule has 72 heavy (non-hydrogen) atoms. The molecule has 1 aliphatic heterocycles. The maximum absolute atomic E-state index is 8.70. The smallest absolute Gasteiger partial charge is 0.129 e. The highest BCUT2D eigenvalue weighted by Gasteiger charge is 2.33. The van der Waals surface area contributed by atoms with Crippen LogP contribution in [-0.4, -0.2) is 11.2 Å². The van der Waals surface area contributed by atoms with Gasteiger partial charge in [0.2, 0.25) is 0 Å². The van der Waals surface area contributed by atoms with Crippen molar-refractivity contribution >= 4 is 44.6 Å². The summed E-state index contributed by atoms with van der Waals surface area (Å²) in [5.41, 5.74) is 14.3. The molecule has 1 aliphatic rings. The van der Waals surface area contributed by atoms with Gasteiger partial charge in [-0.05, 0) is 134 Å². The van der Waals surface area contributed by atoms with Crippen LogP contribution < -0.4 is 14.5 Å². The summed E-state index contributed by atoms with van der Waals surface area (Å²) in [6.07, 6.45) is 0. The van der Waals surface area contributed by atoms with Gasteiger partial charge in [0.05, 0.1) is 34.9 Å². The first-order chi connectivity index (χ1) is 37.8. The Labute approximate surface area is 438 Å². The molecule has 0 amide bonds. The summed E-state index contributed by atoms with van der Waals surface area (Å²) in [7, 11) is 0. The van der Waals surface area contributed by atoms with Gasteiger partial charge in [0.15, 0.2) is 0 Å². The van der Waals surface area contributed by atoms with Crippen LogP contribution in [0.2, 0.25) is 0 Å². The first-order valence-electron chi connectivity index (χ1n) is 28.9. The van der Waals surface area contributed by atoms with Gasteiger partial charge in [-0.2, -0.15) is 0 Å². The van der Waals surface area contributed by atoms with Crippen LogP contribution in [0.4, 0.5) is 22.7 Å². The van der Waals surface area contributed by atoms with E-state index in [4.69, 9.17) is 15.7 Å². The van der Waals surface area contributed by atoms with E-state index in [1.165, 1.54) is 27.8 Å². The maximum Gasteiger partial charge on any atom is 0.129 e. The molecule has 0 unspecified atom stereocenters. The zero-order valence-electron chi connectivity index (χ0n) is 50.6. The van der Waals surface area contributed by atoms with Gasteiger partial charge in [-0.15, -0.1) is 0 Å². The molecule has 9 aromatic carbocycles. The predicted octanol–water partition coefficient (Wildman–Crippen LogP) is 19.0. The number of aromatic nitrogens is 1. The SMILES string of the molecule is [2H]c1c([2H])c([2H])c(-c2ccc(-n3c4ccccc4c4ccc(Oc5cccc(N6CN(c7c(-c8ccccc8)cc(C(C)(C)C)cc7-c7cc(C(C)(C)C)cc(C(C)(C)C)c7)c7ccccc76)c5)cc43)cc2C([2H])([2H])[2H])c([2H])c1[2H]. The van der Waals surface area contributed by atoms with E-state index in [1.807, 2.05) is 59.2 Å². The van der Waals surface area contributed by atoms with Gasteiger partial charge in [-0.1, -0.05) is 184 Å². The summed E-state index contributed by atoms with van der Waals surface area (Å²) in [6, 6.07) is 55.7. The fourth-order valence-electron chi connectivity index (χ4n) is 10.1. The Kier molecular flexibility index (Phi) is 9.37. The van der Waals surface area contributed by atoms with Gasteiger partial charge in [0, 0.05) is 49.5 Å². The minimum absolute atomic E-state index is 0.0512. The molecule has 358 valence electrons. The van der Waals surface area contributed by atoms with Crippen molar-refractivity contribution in [1.82, 2.24) is 4.57 Å². The fourth-order valence-corrected chi connectivity index (χ4v) is 10.1. The lowest BCUT2D eigenvalue weighted by atomic mass is 9.77. The number of benzene rings is 9. The lowest BCUT2D eigenvalue weighted by Crippen LogP contribution is -2.25. The topological polar surface area (TPSA) is 20.6 Å². The highest BCUT2D eigenvalue weighted by Crippen LogP contribution is 2.52. The minimum Gasteiger partial charge on any atom is -0.457 e. The molecule has 10 aromatic rings. The summed E-state index contributed by atoms with van der Waals surface area (Å²) < 4.78 is 77.0. The van der Waals surface area contributed by atoms with Crippen LogP contribution in [0.5, 0.6) is 11.5 Å². The summed E-state index contributed by atoms with van der Waals surface area (Å²) >= 11 is 0. The Morgan fingerprint density at radius 3 is 1.75 bits per heavy atom. The van der Waals surface area contributed by atoms with Gasteiger partial charge in [-0.3, -0.25) is 0 Å². The van der Waals surface area contributed by atoms with E-state index in [9.17, 15) is 0 Å². The third-order valence-electron chi connectivity index (χ3n) is 14.1. The van der Waals surface area contributed by atoms with Crippen molar-refractivity contribution in [1.29, 1.82) is 0 Å². The average Bonchev–Trinajstić information content (AvgIpc) is 4.06. The molecule has 0 fully saturated rings. The molecule has 0 saturated carbocycles. The van der Waals surface area contributed by atoms with Crippen LogP contribution >= 0.6 is 0 Å². The van der Waals surface area contributed by atoms with Gasteiger partial charge in [-0.25, -0.2) is 0 Å². The largest absolute Gasteiger partial charge is 0.457 e. The first kappa shape index (κ1) is 37.9. The Morgan fingerprint density at radius 1 is 0.444 bits per heavy atom. The van der Waals surface area contributed by atoms with Gasteiger partial charge in [0.1, 0.15) is 18.2 Å². The number of fused-ring (bicyclic) bond motifs is 4. The number of aryl methyl sites for hydroxylation is 1. The fraction of sp³-hybridized carbons (Fsp3) is 0.206. The molecule has 4 nitrogen and oxygen atoms in total. The van der Waals surface area contributed by atoms with Gasteiger partial charge >= 0.3 is 0 Å². The highest BCUT2D eigenvalue weighted by atomic mass is 16.5. The van der Waals surface area contributed by atoms with Crippen LogP contribution in [0, 0.1) is 6.85 Å². The maximum atomic E-state index is 8.70. The Bertz CT molecular complexity index is 4020. The van der Waals surface area contributed by atoms with Crippen molar-refractivity contribution in [2.75, 3.05) is 16.5 Å². The van der Waals surface area contributed by atoms with Crippen LogP contribution in [-0.2, 0) is 16.2 Å². The summed E-state index contributed by atoms with van der Waals surface area (Å²) in [6.45, 7) is 18.5. The molecule has 0 aliphatic carbocycles. The lowest BCUT2D eigenvalue weighted by Gasteiger charge is -2.31. The number of anilines is 4. The molecule has 1 aromatic heterocycles. The molecule has 11 rings (SSSR count). The molecule has 0 atom stereocenters. The van der Waals surface area contributed by atoms with Crippen molar-refractivity contribution in [2.45, 2.75) is 85.4 Å². The molecule has 0 saturated heterocycles. The van der Waals surface area contributed by atoms with Crippen LogP contribution in [0.3, 0.4) is 0 Å². The Morgan fingerprint density at radius 2 is 1.06 bits per heavy atom. The van der Waals surface area contributed by atoms with E-state index in [1.54, 1.807) is 18.2 Å². The zero-order chi connectivity index (χ0) is 57.0. The number of rotatable bonds is 8. The van der Waals surface area contributed by atoms with E-state index >= 15 is 0 Å². The molecule has 0 N–H and O–H groups in total. The Balaban J connectivity index is 1.01. The molecular formula is C68H65N3O. The Hall–Kier alpha value is -7.82. The summed E-state index contributed by atoms with van der Waals surface area (Å²) in [5.74, 6) is 1.19. The second-order valence-electron chi connectivity index (χ2n) is 22.2. The van der Waals surface area contributed by atoms with E-state index < -0.39 is 37.1 Å². The van der Waals surface area contributed by atoms with Gasteiger partial charge < -0.3 is 19.1 Å². The van der Waals surface area contributed by atoms with Crippen molar-refractivity contribution in [3.05, 3.63) is 222 Å². The normalized spacial score (nSPS) is 14.8. The van der Waals surface area contributed by atoms with E-state index in [2.05, 4.69) is 169 Å². The van der Waals surface area contributed by atoms with Crippen LogP contribution in [0.1, 0.15) is 95.5 Å². The third kappa shape index (κ3) is 8.63. The number of hydrogen-bond acceptors (Lipinski definition) is 3. The molecule has 0 spiro atoms. The molecule has 0 radical (unpaired) electrons. The van der Waals surface area contributed by atoms with E-state index in [-0.39, 0.29) is 32.9 Å². The highest BCUT2D eigenvalue weighted by molar-refractivity contribution is 6.09. The molecule has 0 bridgehead atoms. The van der Waals surface area contributed by atoms with E-state index in [0.717, 1.165) is 55.7 Å². The lowest BCUT2D eigenvalue weighted by molar-refractivity contribution is 0.483. The molecule has 4 heteroatoms. The average molecular weight is 948 g/mol. The third-order valence-corrected chi connectivity index (χ3v) is 14.1. The van der Waals surface area contributed by atoms with E-state index in [0.29, 0.717) is 23.9 Å². The van der Waals surface area contributed by atoms with Crippen LogP contribution in [0.25, 0.3) is 60.9 Å². The van der Waals surface area contributed by atoms with Crippen LogP contribution in [0.15, 0.2) is 200 Å². The number of nitrogens with zero attached hydrogens (tertiary/aromatic N) is 3. The van der Waals surface area contributed by atoms with Crippen molar-refractivity contribution in [2.24, 2.45) is 0 Å². The van der Waals surface area contributed by atoms with Crippen molar-refractivity contribution in [3.8, 4) is 50.6 Å². The summed E-state index contributed by atoms with van der Waals surface area (Å²) in [5, 5.41) is 1.87.